The van der Waals surface area contributed by atoms with Crippen molar-refractivity contribution >= 4 is 0 Å². The van der Waals surface area contributed by atoms with Crippen molar-refractivity contribution < 1.29 is 4.74 Å². The summed E-state index contributed by atoms with van der Waals surface area (Å²) in [6.07, 6.45) is 3.41. The van der Waals surface area contributed by atoms with Crippen LogP contribution >= 0.6 is 0 Å². The van der Waals surface area contributed by atoms with Gasteiger partial charge in [-0.3, -0.25) is 0 Å². The van der Waals surface area contributed by atoms with Gasteiger partial charge >= 0.3 is 0 Å². The van der Waals surface area contributed by atoms with Gasteiger partial charge in [0.1, 0.15) is 25.0 Å². The molecule has 0 saturated heterocycles. The summed E-state index contributed by atoms with van der Waals surface area (Å²) in [5.41, 5.74) is 2.34. The number of ether oxygens (including phenoxy) is 1. The van der Waals surface area contributed by atoms with Crippen molar-refractivity contribution in [2.75, 3.05) is 6.61 Å². The number of rotatable bonds is 4. The molecule has 0 aliphatic rings. The van der Waals surface area contributed by atoms with Gasteiger partial charge in [0.25, 0.3) is 0 Å². The first kappa shape index (κ1) is 11.6. The molecule has 1 aromatic carbocycles. The van der Waals surface area contributed by atoms with Crippen LogP contribution in [0.3, 0.4) is 0 Å². The van der Waals surface area contributed by atoms with Gasteiger partial charge < -0.3 is 9.30 Å². The van der Waals surface area contributed by atoms with Crippen LogP contribution in [-0.2, 0) is 0 Å². The van der Waals surface area contributed by atoms with Crippen molar-refractivity contribution in [2.24, 2.45) is 0 Å². The Balaban J connectivity index is 2.03. The molecular formula is C13H17N3O. The highest BCUT2D eigenvalue weighted by molar-refractivity contribution is 5.39. The Labute approximate surface area is 101 Å². The van der Waals surface area contributed by atoms with Crippen LogP contribution in [0.15, 0.2) is 30.9 Å². The fourth-order valence-electron chi connectivity index (χ4n) is 1.75. The topological polar surface area (TPSA) is 39.9 Å². The monoisotopic (exact) mass is 231 g/mol. The highest BCUT2D eigenvalue weighted by Gasteiger charge is 2.08. The van der Waals surface area contributed by atoms with Crippen molar-refractivity contribution in [3.63, 3.8) is 0 Å². The first-order chi connectivity index (χ1) is 8.18. The fourth-order valence-corrected chi connectivity index (χ4v) is 1.75. The molecule has 0 aliphatic heterocycles. The van der Waals surface area contributed by atoms with E-state index in [1.165, 1.54) is 11.1 Å². The Kier molecular flexibility index (Phi) is 3.42. The van der Waals surface area contributed by atoms with Crippen molar-refractivity contribution in [3.8, 4) is 5.75 Å². The minimum absolute atomic E-state index is 0.226. The molecule has 1 unspecified atom stereocenters. The van der Waals surface area contributed by atoms with Gasteiger partial charge in [0.15, 0.2) is 0 Å². The van der Waals surface area contributed by atoms with Gasteiger partial charge in [-0.1, -0.05) is 18.2 Å². The average molecular weight is 231 g/mol. The van der Waals surface area contributed by atoms with Crippen LogP contribution in [0, 0.1) is 13.8 Å². The van der Waals surface area contributed by atoms with Gasteiger partial charge in [0.05, 0.1) is 6.04 Å². The zero-order chi connectivity index (χ0) is 12.3. The molecule has 4 heteroatoms. The summed E-state index contributed by atoms with van der Waals surface area (Å²) in [6, 6.07) is 6.39. The number of aryl methyl sites for hydroxylation is 2. The Morgan fingerprint density at radius 1 is 1.18 bits per heavy atom. The standard InChI is InChI=1S/C13H17N3O/c1-10-5-4-6-11(2)13(10)17-7-12(3)16-8-14-15-9-16/h4-6,8-9,12H,7H2,1-3H3. The third kappa shape index (κ3) is 2.64. The summed E-state index contributed by atoms with van der Waals surface area (Å²) in [7, 11) is 0. The Bertz CT molecular complexity index is 459. The molecule has 0 N–H and O–H groups in total. The van der Waals surface area contributed by atoms with Crippen LogP contribution in [0.25, 0.3) is 0 Å². The molecular weight excluding hydrogens is 214 g/mol. The van der Waals surface area contributed by atoms with Crippen LogP contribution in [0.4, 0.5) is 0 Å². The van der Waals surface area contributed by atoms with E-state index >= 15 is 0 Å². The lowest BCUT2D eigenvalue weighted by Gasteiger charge is -2.16. The van der Waals surface area contributed by atoms with Gasteiger partial charge in [-0.15, -0.1) is 10.2 Å². The van der Waals surface area contributed by atoms with Crippen molar-refractivity contribution in [3.05, 3.63) is 42.0 Å². The second kappa shape index (κ2) is 4.99. The van der Waals surface area contributed by atoms with Gasteiger partial charge in [0.2, 0.25) is 0 Å². The average Bonchev–Trinajstić information content (AvgIpc) is 2.81. The summed E-state index contributed by atoms with van der Waals surface area (Å²) >= 11 is 0. The summed E-state index contributed by atoms with van der Waals surface area (Å²) < 4.78 is 7.81. The number of hydrogen-bond acceptors (Lipinski definition) is 3. The van der Waals surface area contributed by atoms with E-state index < -0.39 is 0 Å². The van der Waals surface area contributed by atoms with Crippen molar-refractivity contribution in [2.45, 2.75) is 26.8 Å². The van der Waals surface area contributed by atoms with E-state index in [0.29, 0.717) is 6.61 Å². The molecule has 0 radical (unpaired) electrons. The lowest BCUT2D eigenvalue weighted by Crippen LogP contribution is -2.13. The van der Waals surface area contributed by atoms with E-state index in [1.807, 2.05) is 10.6 Å². The third-order valence-corrected chi connectivity index (χ3v) is 2.82. The molecule has 1 heterocycles. The second-order valence-electron chi connectivity index (χ2n) is 4.29. The van der Waals surface area contributed by atoms with Gasteiger partial charge in [-0.05, 0) is 31.9 Å². The molecule has 0 amide bonds. The smallest absolute Gasteiger partial charge is 0.125 e. The van der Waals surface area contributed by atoms with Crippen LogP contribution in [-0.4, -0.2) is 21.4 Å². The predicted octanol–water partition coefficient (Wildman–Crippen LogP) is 2.53. The Morgan fingerprint density at radius 3 is 2.35 bits per heavy atom. The van der Waals surface area contributed by atoms with Crippen molar-refractivity contribution in [1.82, 2.24) is 14.8 Å². The Morgan fingerprint density at radius 2 is 1.76 bits per heavy atom. The molecule has 2 aromatic rings. The summed E-state index contributed by atoms with van der Waals surface area (Å²) in [6.45, 7) is 6.82. The van der Waals surface area contributed by atoms with Gasteiger partial charge in [-0.25, -0.2) is 0 Å². The van der Waals surface area contributed by atoms with Crippen LogP contribution in [0.5, 0.6) is 5.75 Å². The highest BCUT2D eigenvalue weighted by atomic mass is 16.5. The van der Waals surface area contributed by atoms with E-state index in [-0.39, 0.29) is 6.04 Å². The van der Waals surface area contributed by atoms with E-state index in [4.69, 9.17) is 4.74 Å². The fraction of sp³-hybridized carbons (Fsp3) is 0.385. The molecule has 0 aliphatic carbocycles. The lowest BCUT2D eigenvalue weighted by molar-refractivity contribution is 0.257. The summed E-state index contributed by atoms with van der Waals surface area (Å²) in [5, 5.41) is 7.58. The van der Waals surface area contributed by atoms with Crippen molar-refractivity contribution in [1.29, 1.82) is 0 Å². The number of hydrogen-bond donors (Lipinski definition) is 0. The summed E-state index contributed by atoms with van der Waals surface area (Å²) in [4.78, 5) is 0. The minimum atomic E-state index is 0.226. The molecule has 0 fully saturated rings. The number of nitrogens with zero attached hydrogens (tertiary/aromatic N) is 3. The van der Waals surface area contributed by atoms with E-state index in [2.05, 4.69) is 43.1 Å². The maximum atomic E-state index is 5.88. The van der Waals surface area contributed by atoms with Gasteiger partial charge in [-0.2, -0.15) is 0 Å². The van der Waals surface area contributed by atoms with E-state index in [0.717, 1.165) is 5.75 Å². The highest BCUT2D eigenvalue weighted by Crippen LogP contribution is 2.23. The van der Waals surface area contributed by atoms with Crippen LogP contribution in [0.2, 0.25) is 0 Å². The second-order valence-corrected chi connectivity index (χ2v) is 4.29. The molecule has 17 heavy (non-hydrogen) atoms. The van der Waals surface area contributed by atoms with Gasteiger partial charge in [0, 0.05) is 0 Å². The van der Waals surface area contributed by atoms with E-state index in [1.54, 1.807) is 12.7 Å². The molecule has 90 valence electrons. The SMILES string of the molecule is Cc1cccc(C)c1OCC(C)n1cnnc1. The Hall–Kier alpha value is -1.84. The minimum Gasteiger partial charge on any atom is -0.491 e. The zero-order valence-corrected chi connectivity index (χ0v) is 10.4. The third-order valence-electron chi connectivity index (χ3n) is 2.82. The predicted molar refractivity (Wildman–Crippen MR) is 66.1 cm³/mol. The lowest BCUT2D eigenvalue weighted by atomic mass is 10.1. The molecule has 4 nitrogen and oxygen atoms in total. The largest absolute Gasteiger partial charge is 0.491 e. The molecule has 0 spiro atoms. The molecule has 0 bridgehead atoms. The molecule has 1 aromatic heterocycles. The zero-order valence-electron chi connectivity index (χ0n) is 10.4. The summed E-state index contributed by atoms with van der Waals surface area (Å²) in [5.74, 6) is 0.979. The normalized spacial score (nSPS) is 12.4. The van der Waals surface area contributed by atoms with Crippen LogP contribution in [0.1, 0.15) is 24.1 Å². The van der Waals surface area contributed by atoms with E-state index in [9.17, 15) is 0 Å². The van der Waals surface area contributed by atoms with Crippen LogP contribution < -0.4 is 4.74 Å². The molecule has 1 atom stereocenters. The maximum Gasteiger partial charge on any atom is 0.125 e. The number of para-hydroxylation sites is 1. The maximum absolute atomic E-state index is 5.88. The first-order valence-electron chi connectivity index (χ1n) is 5.71. The first-order valence-corrected chi connectivity index (χ1v) is 5.71. The number of benzene rings is 1. The molecule has 2 rings (SSSR count). The number of aromatic nitrogens is 3. The quantitative estimate of drug-likeness (QED) is 0.811. The molecule has 0 saturated carbocycles.